The maximum atomic E-state index is 12.3. The molecule has 3 rings (SSSR count). The lowest BCUT2D eigenvalue weighted by molar-refractivity contribution is 0.0231. The molecule has 0 radical (unpaired) electrons. The number of nitrogens with zero attached hydrogens (tertiary/aromatic N) is 1. The van der Waals surface area contributed by atoms with Crippen molar-refractivity contribution >= 4 is 5.91 Å². The first-order valence-corrected chi connectivity index (χ1v) is 7.47. The van der Waals surface area contributed by atoms with Crippen LogP contribution in [0.15, 0.2) is 79.0 Å². The molecule has 24 heavy (non-hydrogen) atoms. The van der Waals surface area contributed by atoms with Crippen LogP contribution in [0.5, 0.6) is 11.6 Å². The van der Waals surface area contributed by atoms with Gasteiger partial charge in [0.05, 0.1) is 6.61 Å². The quantitative estimate of drug-likeness (QED) is 0.703. The monoisotopic (exact) mass is 320 g/mol. The van der Waals surface area contributed by atoms with Gasteiger partial charge in [-0.2, -0.15) is 0 Å². The van der Waals surface area contributed by atoms with E-state index in [2.05, 4.69) is 10.5 Å². The SMILES string of the molecule is O=C(NOCc1ccccc1)c1cccnc1Oc1ccccc1. The van der Waals surface area contributed by atoms with E-state index >= 15 is 0 Å². The fourth-order valence-electron chi connectivity index (χ4n) is 2.06. The second-order valence-electron chi connectivity index (χ2n) is 4.98. The largest absolute Gasteiger partial charge is 0.438 e. The molecule has 0 saturated carbocycles. The second-order valence-corrected chi connectivity index (χ2v) is 4.98. The second kappa shape index (κ2) is 7.89. The Morgan fingerprint density at radius 3 is 2.38 bits per heavy atom. The van der Waals surface area contributed by atoms with Gasteiger partial charge in [-0.05, 0) is 29.8 Å². The van der Waals surface area contributed by atoms with Gasteiger partial charge in [-0.3, -0.25) is 9.63 Å². The zero-order valence-electron chi connectivity index (χ0n) is 12.9. The number of amides is 1. The Morgan fingerprint density at radius 1 is 0.917 bits per heavy atom. The van der Waals surface area contributed by atoms with Gasteiger partial charge >= 0.3 is 0 Å². The first-order chi connectivity index (χ1) is 11.8. The number of benzene rings is 2. The smallest absolute Gasteiger partial charge is 0.280 e. The molecular weight excluding hydrogens is 304 g/mol. The Labute approximate surface area is 139 Å². The Balaban J connectivity index is 1.64. The minimum atomic E-state index is -0.412. The molecule has 0 aliphatic rings. The molecule has 0 unspecified atom stereocenters. The molecule has 0 fully saturated rings. The number of hydrogen-bond donors (Lipinski definition) is 1. The van der Waals surface area contributed by atoms with Crippen molar-refractivity contribution in [2.45, 2.75) is 6.61 Å². The number of nitrogens with one attached hydrogen (secondary N) is 1. The summed E-state index contributed by atoms with van der Waals surface area (Å²) in [7, 11) is 0. The Morgan fingerprint density at radius 2 is 1.62 bits per heavy atom. The molecule has 1 N–H and O–H groups in total. The van der Waals surface area contributed by atoms with Crippen LogP contribution < -0.4 is 10.2 Å². The highest BCUT2D eigenvalue weighted by Crippen LogP contribution is 2.22. The van der Waals surface area contributed by atoms with E-state index in [4.69, 9.17) is 9.57 Å². The summed E-state index contributed by atoms with van der Waals surface area (Å²) in [6, 6.07) is 22.0. The predicted octanol–water partition coefficient (Wildman–Crippen LogP) is 3.74. The van der Waals surface area contributed by atoms with Crippen LogP contribution in [0.1, 0.15) is 15.9 Å². The summed E-state index contributed by atoms with van der Waals surface area (Å²) in [5.74, 6) is 0.421. The van der Waals surface area contributed by atoms with E-state index in [1.807, 2.05) is 48.5 Å². The first-order valence-electron chi connectivity index (χ1n) is 7.47. The van der Waals surface area contributed by atoms with Crippen LogP contribution in [0.2, 0.25) is 0 Å². The van der Waals surface area contributed by atoms with Gasteiger partial charge in [-0.1, -0.05) is 48.5 Å². The van der Waals surface area contributed by atoms with Crippen LogP contribution in [0.4, 0.5) is 0 Å². The van der Waals surface area contributed by atoms with Gasteiger partial charge in [0.1, 0.15) is 11.3 Å². The van der Waals surface area contributed by atoms with Gasteiger partial charge in [0.15, 0.2) is 0 Å². The summed E-state index contributed by atoms with van der Waals surface area (Å²) in [4.78, 5) is 21.7. The third-order valence-corrected chi connectivity index (χ3v) is 3.22. The maximum absolute atomic E-state index is 12.3. The summed E-state index contributed by atoms with van der Waals surface area (Å²) >= 11 is 0. The van der Waals surface area contributed by atoms with Crippen molar-refractivity contribution in [1.29, 1.82) is 0 Å². The van der Waals surface area contributed by atoms with Crippen LogP contribution >= 0.6 is 0 Å². The average Bonchev–Trinajstić information content (AvgIpc) is 2.64. The van der Waals surface area contributed by atoms with E-state index in [0.29, 0.717) is 11.3 Å². The number of hydrogen-bond acceptors (Lipinski definition) is 4. The van der Waals surface area contributed by atoms with Crippen molar-refractivity contribution in [2.24, 2.45) is 0 Å². The van der Waals surface area contributed by atoms with Crippen LogP contribution in [0, 0.1) is 0 Å². The van der Waals surface area contributed by atoms with Crippen LogP contribution in [0.3, 0.4) is 0 Å². The van der Waals surface area contributed by atoms with Gasteiger partial charge < -0.3 is 4.74 Å². The summed E-state index contributed by atoms with van der Waals surface area (Å²) in [6.45, 7) is 0.279. The highest BCUT2D eigenvalue weighted by Gasteiger charge is 2.14. The van der Waals surface area contributed by atoms with Crippen molar-refractivity contribution < 1.29 is 14.4 Å². The number of hydroxylamine groups is 1. The summed E-state index contributed by atoms with van der Waals surface area (Å²) < 4.78 is 5.67. The fourth-order valence-corrected chi connectivity index (χ4v) is 2.06. The Hall–Kier alpha value is -3.18. The topological polar surface area (TPSA) is 60.5 Å². The molecule has 120 valence electrons. The first kappa shape index (κ1) is 15.7. The van der Waals surface area contributed by atoms with Crippen LogP contribution in [-0.4, -0.2) is 10.9 Å². The van der Waals surface area contributed by atoms with E-state index in [0.717, 1.165) is 5.56 Å². The molecule has 0 saturated heterocycles. The molecule has 1 aromatic heterocycles. The predicted molar refractivity (Wildman–Crippen MR) is 89.5 cm³/mol. The van der Waals surface area contributed by atoms with Crippen molar-refractivity contribution in [2.75, 3.05) is 0 Å². The number of carbonyl (C=O) groups is 1. The molecule has 2 aromatic carbocycles. The van der Waals surface area contributed by atoms with Gasteiger partial charge in [0.2, 0.25) is 5.88 Å². The molecule has 0 aliphatic heterocycles. The van der Waals surface area contributed by atoms with Crippen molar-refractivity contribution in [3.05, 3.63) is 90.1 Å². The Kier molecular flexibility index (Phi) is 5.17. The van der Waals surface area contributed by atoms with E-state index in [9.17, 15) is 4.79 Å². The number of pyridine rings is 1. The molecular formula is C19H16N2O3. The molecule has 0 aliphatic carbocycles. The van der Waals surface area contributed by atoms with Crippen molar-refractivity contribution in [3.63, 3.8) is 0 Å². The fraction of sp³-hybridized carbons (Fsp3) is 0.0526. The minimum absolute atomic E-state index is 0.226. The Bertz CT molecular complexity index is 792. The van der Waals surface area contributed by atoms with Crippen molar-refractivity contribution in [3.8, 4) is 11.6 Å². The third kappa shape index (κ3) is 4.18. The number of ether oxygens (including phenoxy) is 1. The normalized spacial score (nSPS) is 10.2. The highest BCUT2D eigenvalue weighted by atomic mass is 16.6. The van der Waals surface area contributed by atoms with E-state index in [-0.39, 0.29) is 12.5 Å². The van der Waals surface area contributed by atoms with E-state index in [1.54, 1.807) is 30.5 Å². The summed E-state index contributed by atoms with van der Waals surface area (Å²) in [5, 5.41) is 0. The number of rotatable bonds is 6. The zero-order valence-corrected chi connectivity index (χ0v) is 12.9. The van der Waals surface area contributed by atoms with Gasteiger partial charge in [-0.15, -0.1) is 0 Å². The lowest BCUT2D eigenvalue weighted by atomic mass is 10.2. The number of carbonyl (C=O) groups excluding carboxylic acids is 1. The van der Waals surface area contributed by atoms with E-state index in [1.165, 1.54) is 0 Å². The molecule has 0 spiro atoms. The highest BCUT2D eigenvalue weighted by molar-refractivity contribution is 5.95. The average molecular weight is 320 g/mol. The van der Waals surface area contributed by atoms with Gasteiger partial charge in [0, 0.05) is 6.20 Å². The maximum Gasteiger partial charge on any atom is 0.280 e. The molecule has 3 aromatic rings. The number of para-hydroxylation sites is 1. The molecule has 5 heteroatoms. The standard InChI is InChI=1S/C19H16N2O3/c22-18(21-23-14-15-8-3-1-4-9-15)17-12-7-13-20-19(17)24-16-10-5-2-6-11-16/h1-13H,14H2,(H,21,22). The number of aromatic nitrogens is 1. The molecule has 0 atom stereocenters. The zero-order chi connectivity index (χ0) is 16.6. The minimum Gasteiger partial charge on any atom is -0.438 e. The van der Waals surface area contributed by atoms with Crippen LogP contribution in [-0.2, 0) is 11.4 Å². The summed E-state index contributed by atoms with van der Waals surface area (Å²) in [6.07, 6.45) is 1.57. The third-order valence-electron chi connectivity index (χ3n) is 3.22. The van der Waals surface area contributed by atoms with Gasteiger partial charge in [-0.25, -0.2) is 10.5 Å². The molecule has 1 amide bonds. The molecule has 0 bridgehead atoms. The molecule has 5 nitrogen and oxygen atoms in total. The molecule has 1 heterocycles. The van der Waals surface area contributed by atoms with Gasteiger partial charge in [0.25, 0.3) is 5.91 Å². The van der Waals surface area contributed by atoms with Crippen molar-refractivity contribution in [1.82, 2.24) is 10.5 Å². The lowest BCUT2D eigenvalue weighted by Gasteiger charge is -2.10. The van der Waals surface area contributed by atoms with Crippen LogP contribution in [0.25, 0.3) is 0 Å². The van der Waals surface area contributed by atoms with E-state index < -0.39 is 5.91 Å². The summed E-state index contributed by atoms with van der Waals surface area (Å²) in [5.41, 5.74) is 3.68. The lowest BCUT2D eigenvalue weighted by Crippen LogP contribution is -2.24.